The number of aliphatic carboxylic acids is 1. The first kappa shape index (κ1) is 12.4. The van der Waals surface area contributed by atoms with Gasteiger partial charge in [0.1, 0.15) is 5.75 Å². The average molecular weight is 246 g/mol. The van der Waals surface area contributed by atoms with Crippen LogP contribution >= 0.6 is 0 Å². The van der Waals surface area contributed by atoms with Crippen LogP contribution in [0.25, 0.3) is 10.8 Å². The van der Waals surface area contributed by atoms with Crippen molar-refractivity contribution < 1.29 is 19.4 Å². The first-order valence-corrected chi connectivity index (χ1v) is 5.49. The van der Waals surface area contributed by atoms with Crippen LogP contribution in [0, 0.1) is 0 Å². The highest BCUT2D eigenvalue weighted by molar-refractivity contribution is 5.86. The van der Waals surface area contributed by atoms with Crippen LogP contribution in [-0.2, 0) is 9.53 Å². The van der Waals surface area contributed by atoms with Gasteiger partial charge in [-0.25, -0.2) is 4.79 Å². The fourth-order valence-electron chi connectivity index (χ4n) is 1.91. The van der Waals surface area contributed by atoms with Crippen molar-refractivity contribution in [1.29, 1.82) is 0 Å². The molecule has 0 aliphatic rings. The Balaban J connectivity index is 2.47. The Bertz CT molecular complexity index is 577. The summed E-state index contributed by atoms with van der Waals surface area (Å²) in [7, 11) is 3.00. The van der Waals surface area contributed by atoms with Gasteiger partial charge in [-0.3, -0.25) is 0 Å². The van der Waals surface area contributed by atoms with Crippen molar-refractivity contribution in [2.45, 2.75) is 6.10 Å². The van der Waals surface area contributed by atoms with Crippen LogP contribution in [0.3, 0.4) is 0 Å². The third-order valence-corrected chi connectivity index (χ3v) is 2.83. The van der Waals surface area contributed by atoms with Crippen LogP contribution in [0.5, 0.6) is 5.75 Å². The first-order valence-electron chi connectivity index (χ1n) is 5.49. The predicted octanol–water partition coefficient (Wildman–Crippen LogP) is 2.62. The number of carbonyl (C=O) groups is 1. The summed E-state index contributed by atoms with van der Waals surface area (Å²) in [5.74, 6) is -0.220. The zero-order chi connectivity index (χ0) is 13.1. The highest BCUT2D eigenvalue weighted by Gasteiger charge is 2.18. The number of carboxylic acids is 1. The molecule has 1 N–H and O–H groups in total. The third-order valence-electron chi connectivity index (χ3n) is 2.83. The monoisotopic (exact) mass is 246 g/mol. The van der Waals surface area contributed by atoms with E-state index < -0.39 is 12.1 Å². The Kier molecular flexibility index (Phi) is 3.48. The van der Waals surface area contributed by atoms with Crippen LogP contribution in [0.1, 0.15) is 11.7 Å². The summed E-state index contributed by atoms with van der Waals surface area (Å²) >= 11 is 0. The van der Waals surface area contributed by atoms with E-state index in [2.05, 4.69) is 0 Å². The van der Waals surface area contributed by atoms with Gasteiger partial charge < -0.3 is 14.6 Å². The van der Waals surface area contributed by atoms with Crippen LogP contribution in [0.15, 0.2) is 36.4 Å². The molecule has 0 aliphatic heterocycles. The molecule has 4 heteroatoms. The van der Waals surface area contributed by atoms with E-state index in [9.17, 15) is 4.79 Å². The zero-order valence-electron chi connectivity index (χ0n) is 10.2. The molecule has 4 nitrogen and oxygen atoms in total. The van der Waals surface area contributed by atoms with Gasteiger partial charge in [-0.15, -0.1) is 0 Å². The summed E-state index contributed by atoms with van der Waals surface area (Å²) in [6.07, 6.45) is -0.934. The van der Waals surface area contributed by atoms with Crippen molar-refractivity contribution in [3.05, 3.63) is 42.0 Å². The summed E-state index contributed by atoms with van der Waals surface area (Å²) in [4.78, 5) is 11.0. The van der Waals surface area contributed by atoms with Crippen molar-refractivity contribution in [2.24, 2.45) is 0 Å². The molecule has 0 saturated carbocycles. The highest BCUT2D eigenvalue weighted by Crippen LogP contribution is 2.25. The fourth-order valence-corrected chi connectivity index (χ4v) is 1.91. The summed E-state index contributed by atoms with van der Waals surface area (Å²) in [6, 6.07) is 11.1. The summed E-state index contributed by atoms with van der Waals surface area (Å²) < 4.78 is 10.1. The Hall–Kier alpha value is -2.07. The van der Waals surface area contributed by atoms with Gasteiger partial charge in [-0.2, -0.15) is 0 Å². The lowest BCUT2D eigenvalue weighted by atomic mass is 10.0. The van der Waals surface area contributed by atoms with Crippen LogP contribution < -0.4 is 4.74 Å². The van der Waals surface area contributed by atoms with Crippen molar-refractivity contribution in [2.75, 3.05) is 14.2 Å². The molecule has 0 unspecified atom stereocenters. The number of rotatable bonds is 4. The van der Waals surface area contributed by atoms with Gasteiger partial charge in [0, 0.05) is 7.11 Å². The smallest absolute Gasteiger partial charge is 0.337 e. The molecule has 1 atom stereocenters. The average Bonchev–Trinajstić information content (AvgIpc) is 2.38. The van der Waals surface area contributed by atoms with E-state index in [1.165, 1.54) is 7.11 Å². The van der Waals surface area contributed by atoms with Gasteiger partial charge in [-0.05, 0) is 34.5 Å². The third kappa shape index (κ3) is 2.28. The van der Waals surface area contributed by atoms with Gasteiger partial charge in [0.25, 0.3) is 0 Å². The largest absolute Gasteiger partial charge is 0.497 e. The minimum Gasteiger partial charge on any atom is -0.497 e. The number of fused-ring (bicyclic) bond motifs is 1. The van der Waals surface area contributed by atoms with Crippen molar-refractivity contribution in [1.82, 2.24) is 0 Å². The van der Waals surface area contributed by atoms with Crippen molar-refractivity contribution in [3.63, 3.8) is 0 Å². The molecule has 18 heavy (non-hydrogen) atoms. The van der Waals surface area contributed by atoms with E-state index in [1.54, 1.807) is 13.2 Å². The van der Waals surface area contributed by atoms with Crippen molar-refractivity contribution >= 4 is 16.7 Å². The Morgan fingerprint density at radius 3 is 2.39 bits per heavy atom. The molecule has 2 aromatic rings. The maximum atomic E-state index is 11.0. The number of methoxy groups -OCH3 is 2. The first-order chi connectivity index (χ1) is 8.65. The number of benzene rings is 2. The standard InChI is InChI=1S/C14H14O4/c1-17-12-6-5-9-7-11(4-3-10(9)8-12)13(18-2)14(15)16/h3-8,13H,1-2H3,(H,15,16)/t13-/m0/s1. The second-order valence-corrected chi connectivity index (χ2v) is 3.93. The van der Waals surface area contributed by atoms with Gasteiger partial charge in [0.15, 0.2) is 6.10 Å². The molecule has 2 rings (SSSR count). The maximum Gasteiger partial charge on any atom is 0.337 e. The minimum atomic E-state index is -0.995. The molecule has 94 valence electrons. The number of carboxylic acid groups (broad SMARTS) is 1. The molecule has 0 amide bonds. The van der Waals surface area contributed by atoms with E-state index in [-0.39, 0.29) is 0 Å². The topological polar surface area (TPSA) is 55.8 Å². The fraction of sp³-hybridized carbons (Fsp3) is 0.214. The van der Waals surface area contributed by atoms with Crippen molar-refractivity contribution in [3.8, 4) is 5.75 Å². The molecule has 0 heterocycles. The van der Waals surface area contributed by atoms with Crippen LogP contribution in [-0.4, -0.2) is 25.3 Å². The lowest BCUT2D eigenvalue weighted by molar-refractivity contribution is -0.148. The maximum absolute atomic E-state index is 11.0. The molecule has 0 bridgehead atoms. The number of hydrogen-bond donors (Lipinski definition) is 1. The van der Waals surface area contributed by atoms with E-state index in [4.69, 9.17) is 14.6 Å². The molecule has 0 aliphatic carbocycles. The van der Waals surface area contributed by atoms with E-state index >= 15 is 0 Å². The van der Waals surface area contributed by atoms with Gasteiger partial charge in [0.2, 0.25) is 0 Å². The molecule has 0 saturated heterocycles. The van der Waals surface area contributed by atoms with E-state index in [0.717, 1.165) is 16.5 Å². The Labute approximate surface area is 105 Å². The lowest BCUT2D eigenvalue weighted by Gasteiger charge is -2.11. The summed E-state index contributed by atoms with van der Waals surface area (Å²) in [5.41, 5.74) is 0.627. The highest BCUT2D eigenvalue weighted by atomic mass is 16.5. The quantitative estimate of drug-likeness (QED) is 0.901. The molecule has 0 radical (unpaired) electrons. The van der Waals surface area contributed by atoms with Crippen LogP contribution in [0.2, 0.25) is 0 Å². The van der Waals surface area contributed by atoms with Crippen LogP contribution in [0.4, 0.5) is 0 Å². The predicted molar refractivity (Wildman–Crippen MR) is 67.9 cm³/mol. The molecular weight excluding hydrogens is 232 g/mol. The molecule has 0 fully saturated rings. The number of hydrogen-bond acceptors (Lipinski definition) is 3. The van der Waals surface area contributed by atoms with E-state index in [0.29, 0.717) is 5.56 Å². The molecule has 0 aromatic heterocycles. The molecule has 2 aromatic carbocycles. The molecular formula is C14H14O4. The second kappa shape index (κ2) is 5.06. The Morgan fingerprint density at radius 2 is 1.78 bits per heavy atom. The summed E-state index contributed by atoms with van der Waals surface area (Å²) in [6.45, 7) is 0. The molecule has 0 spiro atoms. The van der Waals surface area contributed by atoms with E-state index in [1.807, 2.05) is 30.3 Å². The van der Waals surface area contributed by atoms with Gasteiger partial charge >= 0.3 is 5.97 Å². The lowest BCUT2D eigenvalue weighted by Crippen LogP contribution is -2.13. The second-order valence-electron chi connectivity index (χ2n) is 3.93. The van der Waals surface area contributed by atoms with Gasteiger partial charge in [-0.1, -0.05) is 18.2 Å². The van der Waals surface area contributed by atoms with Gasteiger partial charge in [0.05, 0.1) is 7.11 Å². The normalized spacial score (nSPS) is 12.3. The minimum absolute atomic E-state index is 0.627. The number of ether oxygens (including phenoxy) is 2. The SMILES string of the molecule is COc1ccc2cc([C@H](OC)C(=O)O)ccc2c1. The Morgan fingerprint density at radius 1 is 1.11 bits per heavy atom. The summed E-state index contributed by atoms with van der Waals surface area (Å²) in [5, 5.41) is 11.0. The zero-order valence-corrected chi connectivity index (χ0v) is 10.2.